The second-order valence-electron chi connectivity index (χ2n) is 7.07. The first-order chi connectivity index (χ1) is 16.7. The molecule has 198 valence electrons. The molecule has 2 heterocycles. The van der Waals surface area contributed by atoms with E-state index in [2.05, 4.69) is 23.8 Å². The minimum atomic E-state index is -4.57. The molecule has 7 nitrogen and oxygen atoms in total. The molecule has 0 N–H and O–H groups in total. The van der Waals surface area contributed by atoms with Crippen LogP contribution in [0.1, 0.15) is 26.5 Å². The number of hydrogen-bond acceptors (Lipinski definition) is 6. The Hall–Kier alpha value is -3.12. The maximum atomic E-state index is 13.5. The van der Waals surface area contributed by atoms with Crippen molar-refractivity contribution < 1.29 is 36.7 Å². The van der Waals surface area contributed by atoms with E-state index in [1.54, 1.807) is 25.3 Å². The minimum absolute atomic E-state index is 0.0745. The molecule has 0 spiro atoms. The van der Waals surface area contributed by atoms with Crippen LogP contribution in [-0.2, 0) is 9.53 Å². The van der Waals surface area contributed by atoms with Crippen LogP contribution in [0.2, 0.25) is 5.15 Å². The number of halogens is 5. The quantitative estimate of drug-likeness (QED) is 0.163. The number of hydrogen-bond donors (Lipinski definition) is 0. The molecule has 0 atom stereocenters. The maximum absolute atomic E-state index is 13.5. The summed E-state index contributed by atoms with van der Waals surface area (Å²) in [4.78, 5) is 21.0. The molecular formula is C23H26ClF4N3O4S. The molecule has 2 aromatic rings. The van der Waals surface area contributed by atoms with Crippen LogP contribution in [0.25, 0.3) is 0 Å². The van der Waals surface area contributed by atoms with E-state index in [1.165, 1.54) is 13.0 Å². The van der Waals surface area contributed by atoms with Crippen LogP contribution in [0.4, 0.5) is 17.6 Å². The number of pyridine rings is 1. The monoisotopic (exact) mass is 551 g/mol. The number of ether oxygens (including phenoxy) is 2. The highest BCUT2D eigenvalue weighted by Crippen LogP contribution is 2.28. The summed E-state index contributed by atoms with van der Waals surface area (Å²) in [6.45, 7) is 10.2. The van der Waals surface area contributed by atoms with Crippen molar-refractivity contribution in [2.45, 2.75) is 33.9 Å². The fraction of sp³-hybridized carbons (Fsp3) is 0.348. The van der Waals surface area contributed by atoms with Crippen LogP contribution in [0, 0.1) is 12.7 Å². The summed E-state index contributed by atoms with van der Waals surface area (Å²) >= 11 is 10.5. The van der Waals surface area contributed by atoms with Crippen molar-refractivity contribution >= 4 is 34.6 Å². The topological polar surface area (TPSA) is 65.8 Å². The molecule has 0 aliphatic carbocycles. The predicted molar refractivity (Wildman–Crippen MR) is 132 cm³/mol. The van der Waals surface area contributed by atoms with E-state index < -0.39 is 23.6 Å². The Morgan fingerprint density at radius 2 is 2.00 bits per heavy atom. The van der Waals surface area contributed by atoms with Gasteiger partial charge in [0.05, 0.1) is 12.3 Å². The fourth-order valence-electron chi connectivity index (χ4n) is 2.41. The van der Waals surface area contributed by atoms with Crippen molar-refractivity contribution in [1.82, 2.24) is 14.6 Å². The first-order valence-electron chi connectivity index (χ1n) is 10.3. The summed E-state index contributed by atoms with van der Waals surface area (Å²) in [5.41, 5.74) is -0.795. The third-order valence-electron chi connectivity index (χ3n) is 4.20. The molecular weight excluding hydrogens is 526 g/mol. The zero-order valence-electron chi connectivity index (χ0n) is 20.3. The average molecular weight is 552 g/mol. The molecule has 0 fully saturated rings. The number of carbonyl (C=O) groups is 1. The van der Waals surface area contributed by atoms with Crippen molar-refractivity contribution in [2.75, 3.05) is 20.3 Å². The van der Waals surface area contributed by atoms with Crippen LogP contribution in [0.3, 0.4) is 0 Å². The van der Waals surface area contributed by atoms with Gasteiger partial charge in [0.1, 0.15) is 29.0 Å². The third-order valence-corrected chi connectivity index (χ3v) is 4.58. The summed E-state index contributed by atoms with van der Waals surface area (Å²) in [7, 11) is 1.06. The Bertz CT molecular complexity index is 1120. The first-order valence-corrected chi connectivity index (χ1v) is 11.1. The largest absolute Gasteiger partial charge is 0.495 e. The van der Waals surface area contributed by atoms with Crippen molar-refractivity contribution in [2.24, 2.45) is 0 Å². The molecule has 0 saturated heterocycles. The molecule has 0 saturated carbocycles. The summed E-state index contributed by atoms with van der Waals surface area (Å²) in [5, 5.41) is 0.114. The van der Waals surface area contributed by atoms with Gasteiger partial charge in [-0.25, -0.2) is 9.37 Å². The summed E-state index contributed by atoms with van der Waals surface area (Å²) in [6.07, 6.45) is -2.26. The van der Waals surface area contributed by atoms with Gasteiger partial charge < -0.3 is 19.2 Å². The summed E-state index contributed by atoms with van der Waals surface area (Å²) in [5.74, 6) is -0.147. The highest BCUT2D eigenvalue weighted by atomic mass is 35.5. The molecule has 2 rings (SSSR count). The van der Waals surface area contributed by atoms with Crippen LogP contribution in [0.5, 0.6) is 11.6 Å². The molecule has 13 heteroatoms. The van der Waals surface area contributed by atoms with E-state index in [-0.39, 0.29) is 28.2 Å². The van der Waals surface area contributed by atoms with Gasteiger partial charge in [-0.3, -0.25) is 4.79 Å². The maximum Gasteiger partial charge on any atom is 0.431 e. The van der Waals surface area contributed by atoms with Gasteiger partial charge in [0.2, 0.25) is 11.7 Å². The fourth-order valence-corrected chi connectivity index (χ4v) is 2.78. The molecule has 0 radical (unpaired) electrons. The summed E-state index contributed by atoms with van der Waals surface area (Å²) in [6, 6.07) is 4.48. The standard InChI is InChI=1S/C15H16ClFN2O3.C8H10F3NOS/c1-4-20-10(2)9-21-15-13(6-5-7-18-15)22-19-11(3)12(17)8-14(19)16;1-5(14)4-7(8(9,10)11)12(3)6(2)13/h5-8H,2,4,9H2,1,3H3;4H,1-3H3/b;7-4-. The molecule has 0 aliphatic rings. The Morgan fingerprint density at radius 3 is 2.47 bits per heavy atom. The predicted octanol–water partition coefficient (Wildman–Crippen LogP) is 6.06. The second kappa shape index (κ2) is 13.8. The van der Waals surface area contributed by atoms with Crippen LogP contribution in [-0.4, -0.2) is 51.8 Å². The molecule has 0 aromatic carbocycles. The Morgan fingerprint density at radius 1 is 1.36 bits per heavy atom. The Kier molecular flexibility index (Phi) is 11.9. The SMILES string of the molecule is C=C(COc1ncccc1On1c(Cl)cc(F)c1C)OCC.CC(=O)N(C)/C(=C\C(C)=S)C(F)(F)F. The van der Waals surface area contributed by atoms with E-state index in [0.717, 1.165) is 24.8 Å². The smallest absolute Gasteiger partial charge is 0.431 e. The van der Waals surface area contributed by atoms with Gasteiger partial charge in [0, 0.05) is 31.1 Å². The van der Waals surface area contributed by atoms with E-state index in [1.807, 2.05) is 6.92 Å². The Balaban J connectivity index is 0.000000402. The number of thiocarbonyl (C=S) groups is 1. The molecule has 2 aromatic heterocycles. The van der Waals surface area contributed by atoms with Crippen LogP contribution >= 0.6 is 23.8 Å². The number of aromatic nitrogens is 2. The van der Waals surface area contributed by atoms with E-state index in [9.17, 15) is 22.4 Å². The lowest BCUT2D eigenvalue weighted by molar-refractivity contribution is -0.138. The molecule has 36 heavy (non-hydrogen) atoms. The molecule has 0 unspecified atom stereocenters. The van der Waals surface area contributed by atoms with Gasteiger partial charge in [-0.05, 0) is 39.0 Å². The number of amides is 1. The van der Waals surface area contributed by atoms with Gasteiger partial charge in [-0.1, -0.05) is 30.4 Å². The third kappa shape index (κ3) is 9.50. The summed E-state index contributed by atoms with van der Waals surface area (Å²) < 4.78 is 62.5. The van der Waals surface area contributed by atoms with Gasteiger partial charge >= 0.3 is 6.18 Å². The van der Waals surface area contributed by atoms with Crippen molar-refractivity contribution in [1.29, 1.82) is 0 Å². The second-order valence-corrected chi connectivity index (χ2v) is 8.10. The lowest BCUT2D eigenvalue weighted by atomic mass is 10.3. The zero-order chi connectivity index (χ0) is 27.6. The van der Waals surface area contributed by atoms with E-state index >= 15 is 0 Å². The van der Waals surface area contributed by atoms with Crippen molar-refractivity contribution in [3.05, 3.63) is 65.2 Å². The number of carbonyl (C=O) groups excluding carboxylic acids is 1. The molecule has 1 amide bonds. The average Bonchev–Trinajstić information content (AvgIpc) is 3.02. The zero-order valence-corrected chi connectivity index (χ0v) is 21.9. The lowest BCUT2D eigenvalue weighted by Gasteiger charge is -2.21. The molecule has 0 aliphatic heterocycles. The number of alkyl halides is 3. The van der Waals surface area contributed by atoms with Gasteiger partial charge in [-0.2, -0.15) is 17.9 Å². The van der Waals surface area contributed by atoms with Crippen molar-refractivity contribution in [3.63, 3.8) is 0 Å². The number of rotatable bonds is 9. The normalized spacial score (nSPS) is 11.2. The van der Waals surface area contributed by atoms with Gasteiger partial charge in [-0.15, -0.1) is 0 Å². The Labute approximate surface area is 216 Å². The van der Waals surface area contributed by atoms with E-state index in [0.29, 0.717) is 23.0 Å². The number of allylic oxidation sites excluding steroid dienone is 2. The molecule has 0 bridgehead atoms. The van der Waals surface area contributed by atoms with E-state index in [4.69, 9.17) is 25.9 Å². The highest BCUT2D eigenvalue weighted by molar-refractivity contribution is 7.80. The minimum Gasteiger partial charge on any atom is -0.495 e. The van der Waals surface area contributed by atoms with Gasteiger partial charge in [0.15, 0.2) is 0 Å². The number of nitrogens with zero attached hydrogens (tertiary/aromatic N) is 3. The van der Waals surface area contributed by atoms with Crippen LogP contribution < -0.4 is 9.57 Å². The van der Waals surface area contributed by atoms with Crippen molar-refractivity contribution in [3.8, 4) is 11.6 Å². The first kappa shape index (κ1) is 30.9. The van der Waals surface area contributed by atoms with Gasteiger partial charge in [0.25, 0.3) is 5.88 Å². The van der Waals surface area contributed by atoms with Crippen LogP contribution in [0.15, 0.2) is 48.5 Å². The lowest BCUT2D eigenvalue weighted by Crippen LogP contribution is -2.32. The highest BCUT2D eigenvalue weighted by Gasteiger charge is 2.37.